The first-order chi connectivity index (χ1) is 7.97. The van der Waals surface area contributed by atoms with Crippen molar-refractivity contribution in [1.29, 1.82) is 0 Å². The molecule has 1 heterocycles. The van der Waals surface area contributed by atoms with Crippen molar-refractivity contribution in [2.45, 2.75) is 36.8 Å². The predicted octanol–water partition coefficient (Wildman–Crippen LogP) is 3.37. The summed E-state index contributed by atoms with van der Waals surface area (Å²) in [6.07, 6.45) is 4.53. The maximum Gasteiger partial charge on any atom is 0.250 e. The van der Waals surface area contributed by atoms with Crippen molar-refractivity contribution < 1.29 is 8.42 Å². The molecular weight excluding hydrogens is 322 g/mol. The third-order valence-corrected chi connectivity index (χ3v) is 6.70. The zero-order valence-electron chi connectivity index (χ0n) is 9.70. The molecule has 0 atom stereocenters. The van der Waals surface area contributed by atoms with Crippen LogP contribution >= 0.6 is 27.3 Å². The van der Waals surface area contributed by atoms with Gasteiger partial charge in [0.25, 0.3) is 0 Å². The van der Waals surface area contributed by atoms with Gasteiger partial charge in [-0.2, -0.15) is 0 Å². The highest BCUT2D eigenvalue weighted by molar-refractivity contribution is 9.11. The molecule has 0 aliphatic heterocycles. The maximum absolute atomic E-state index is 12.0. The van der Waals surface area contributed by atoms with Gasteiger partial charge in [0.2, 0.25) is 10.0 Å². The SMILES string of the molecule is CCCC1(CNS(=O)(=O)c2ccc(Br)s2)CC1. The Hall–Kier alpha value is 0.0900. The highest BCUT2D eigenvalue weighted by Crippen LogP contribution is 2.49. The van der Waals surface area contributed by atoms with E-state index in [1.807, 2.05) is 0 Å². The quantitative estimate of drug-likeness (QED) is 0.864. The normalized spacial score (nSPS) is 18.2. The average Bonchev–Trinajstić information content (AvgIpc) is 2.89. The van der Waals surface area contributed by atoms with Gasteiger partial charge in [-0.1, -0.05) is 13.3 Å². The molecule has 17 heavy (non-hydrogen) atoms. The molecule has 0 unspecified atom stereocenters. The topological polar surface area (TPSA) is 46.2 Å². The van der Waals surface area contributed by atoms with Gasteiger partial charge in [0, 0.05) is 6.54 Å². The summed E-state index contributed by atoms with van der Waals surface area (Å²) >= 11 is 4.52. The standard InChI is InChI=1S/C11H16BrNO2S2/c1-2-5-11(6-7-11)8-13-17(14,15)10-4-3-9(12)16-10/h3-4,13H,2,5-8H2,1H3. The van der Waals surface area contributed by atoms with E-state index < -0.39 is 10.0 Å². The van der Waals surface area contributed by atoms with Gasteiger partial charge in [-0.15, -0.1) is 11.3 Å². The van der Waals surface area contributed by atoms with E-state index in [1.54, 1.807) is 12.1 Å². The molecule has 0 spiro atoms. The second kappa shape index (κ2) is 4.99. The molecule has 1 fully saturated rings. The highest BCUT2D eigenvalue weighted by Gasteiger charge is 2.42. The molecule has 1 N–H and O–H groups in total. The van der Waals surface area contributed by atoms with Gasteiger partial charge in [-0.25, -0.2) is 13.1 Å². The van der Waals surface area contributed by atoms with Gasteiger partial charge >= 0.3 is 0 Å². The van der Waals surface area contributed by atoms with Crippen molar-refractivity contribution in [2.24, 2.45) is 5.41 Å². The fourth-order valence-electron chi connectivity index (χ4n) is 1.98. The first kappa shape index (κ1) is 13.5. The van der Waals surface area contributed by atoms with Crippen LogP contribution in [0.3, 0.4) is 0 Å². The summed E-state index contributed by atoms with van der Waals surface area (Å²) in [5.74, 6) is 0. The van der Waals surface area contributed by atoms with Crippen LogP contribution in [-0.2, 0) is 10.0 Å². The number of rotatable bonds is 6. The van der Waals surface area contributed by atoms with Crippen LogP contribution in [0.5, 0.6) is 0 Å². The van der Waals surface area contributed by atoms with E-state index >= 15 is 0 Å². The molecule has 1 aromatic rings. The van der Waals surface area contributed by atoms with Crippen molar-refractivity contribution in [2.75, 3.05) is 6.54 Å². The number of hydrogen-bond acceptors (Lipinski definition) is 3. The minimum atomic E-state index is -3.31. The second-order valence-electron chi connectivity index (χ2n) is 4.63. The van der Waals surface area contributed by atoms with Crippen LogP contribution in [-0.4, -0.2) is 15.0 Å². The van der Waals surface area contributed by atoms with E-state index in [-0.39, 0.29) is 5.41 Å². The van der Waals surface area contributed by atoms with Gasteiger partial charge in [0.05, 0.1) is 3.79 Å². The summed E-state index contributed by atoms with van der Waals surface area (Å²) in [6, 6.07) is 3.40. The lowest BCUT2D eigenvalue weighted by Crippen LogP contribution is -2.29. The summed E-state index contributed by atoms with van der Waals surface area (Å²) in [5.41, 5.74) is 0.246. The van der Waals surface area contributed by atoms with Crippen LogP contribution in [0.15, 0.2) is 20.1 Å². The number of nitrogens with one attached hydrogen (secondary N) is 1. The van der Waals surface area contributed by atoms with Crippen molar-refractivity contribution in [3.05, 3.63) is 15.9 Å². The van der Waals surface area contributed by atoms with Crippen molar-refractivity contribution >= 4 is 37.3 Å². The predicted molar refractivity (Wildman–Crippen MR) is 73.8 cm³/mol. The Kier molecular flexibility index (Phi) is 3.97. The summed E-state index contributed by atoms with van der Waals surface area (Å²) in [4.78, 5) is 0. The fraction of sp³-hybridized carbons (Fsp3) is 0.636. The fourth-order valence-corrected chi connectivity index (χ4v) is 5.20. The molecule has 6 heteroatoms. The van der Waals surface area contributed by atoms with Crippen LogP contribution in [0.2, 0.25) is 0 Å². The first-order valence-corrected chi connectivity index (χ1v) is 8.82. The number of thiophene rings is 1. The van der Waals surface area contributed by atoms with Crippen LogP contribution in [0.4, 0.5) is 0 Å². The molecule has 96 valence electrons. The highest BCUT2D eigenvalue weighted by atomic mass is 79.9. The lowest BCUT2D eigenvalue weighted by Gasteiger charge is -2.14. The smallest absolute Gasteiger partial charge is 0.210 e. The van der Waals surface area contributed by atoms with E-state index in [2.05, 4.69) is 27.6 Å². The zero-order valence-corrected chi connectivity index (χ0v) is 12.9. The average molecular weight is 338 g/mol. The lowest BCUT2D eigenvalue weighted by atomic mass is 10.0. The maximum atomic E-state index is 12.0. The summed E-state index contributed by atoms with van der Waals surface area (Å²) in [5, 5.41) is 0. The number of sulfonamides is 1. The molecule has 1 saturated carbocycles. The number of hydrogen-bond donors (Lipinski definition) is 1. The molecule has 1 aliphatic rings. The van der Waals surface area contributed by atoms with Gasteiger partial charge in [0.1, 0.15) is 4.21 Å². The Morgan fingerprint density at radius 2 is 2.18 bits per heavy atom. The molecule has 1 aliphatic carbocycles. The molecule has 0 radical (unpaired) electrons. The van der Waals surface area contributed by atoms with Gasteiger partial charge in [-0.05, 0) is 52.7 Å². The monoisotopic (exact) mass is 337 g/mol. The molecule has 3 nitrogen and oxygen atoms in total. The zero-order chi connectivity index (χ0) is 12.5. The largest absolute Gasteiger partial charge is 0.250 e. The van der Waals surface area contributed by atoms with E-state index in [0.29, 0.717) is 10.8 Å². The Labute approximate surface area is 115 Å². The second-order valence-corrected chi connectivity index (χ2v) is 9.09. The molecule has 1 aromatic heterocycles. The van der Waals surface area contributed by atoms with Crippen molar-refractivity contribution in [3.8, 4) is 0 Å². The van der Waals surface area contributed by atoms with Gasteiger partial charge < -0.3 is 0 Å². The van der Waals surface area contributed by atoms with E-state index in [4.69, 9.17) is 0 Å². The molecular formula is C11H16BrNO2S2. The van der Waals surface area contributed by atoms with Crippen LogP contribution in [0.1, 0.15) is 32.6 Å². The first-order valence-electron chi connectivity index (χ1n) is 5.72. The minimum absolute atomic E-state index is 0.246. The Bertz CT molecular complexity index is 491. The summed E-state index contributed by atoms with van der Waals surface area (Å²) in [6.45, 7) is 2.73. The molecule has 0 bridgehead atoms. The van der Waals surface area contributed by atoms with E-state index in [9.17, 15) is 8.42 Å². The third-order valence-electron chi connectivity index (χ3n) is 3.19. The summed E-state index contributed by atoms with van der Waals surface area (Å²) < 4.78 is 28.0. The Balaban J connectivity index is 1.99. The Morgan fingerprint density at radius 3 is 2.65 bits per heavy atom. The minimum Gasteiger partial charge on any atom is -0.210 e. The molecule has 0 saturated heterocycles. The van der Waals surface area contributed by atoms with Crippen LogP contribution < -0.4 is 4.72 Å². The molecule has 0 amide bonds. The van der Waals surface area contributed by atoms with Gasteiger partial charge in [-0.3, -0.25) is 0 Å². The number of halogens is 1. The lowest BCUT2D eigenvalue weighted by molar-refractivity contribution is 0.449. The van der Waals surface area contributed by atoms with Crippen LogP contribution in [0, 0.1) is 5.41 Å². The van der Waals surface area contributed by atoms with Crippen LogP contribution in [0.25, 0.3) is 0 Å². The summed E-state index contributed by atoms with van der Waals surface area (Å²) in [7, 11) is -3.31. The molecule has 2 rings (SSSR count). The Morgan fingerprint density at radius 1 is 1.47 bits per heavy atom. The third kappa shape index (κ3) is 3.30. The van der Waals surface area contributed by atoms with Crippen molar-refractivity contribution in [3.63, 3.8) is 0 Å². The van der Waals surface area contributed by atoms with Gasteiger partial charge in [0.15, 0.2) is 0 Å². The molecule has 0 aromatic carbocycles. The van der Waals surface area contributed by atoms with Crippen molar-refractivity contribution in [1.82, 2.24) is 4.72 Å². The van der Waals surface area contributed by atoms with E-state index in [1.165, 1.54) is 11.3 Å². The van der Waals surface area contributed by atoms with E-state index in [0.717, 1.165) is 29.5 Å².